The van der Waals surface area contributed by atoms with Crippen LogP contribution in [0.2, 0.25) is 0 Å². The number of nitrogens with zero attached hydrogens (tertiary/aromatic N) is 1. The van der Waals surface area contributed by atoms with Crippen LogP contribution in [0.15, 0.2) is 35.3 Å². The number of hydrogen-bond acceptors (Lipinski definition) is 2. The Hall–Kier alpha value is -0.820. The summed E-state index contributed by atoms with van der Waals surface area (Å²) in [6, 6.07) is 10.8. The van der Waals surface area contributed by atoms with Gasteiger partial charge in [0, 0.05) is 18.5 Å². The molecule has 0 aliphatic heterocycles. The van der Waals surface area contributed by atoms with Crippen LogP contribution in [0.4, 0.5) is 0 Å². The molecule has 0 spiro atoms. The lowest BCUT2D eigenvalue weighted by Crippen LogP contribution is -2.49. The average Bonchev–Trinajstić information content (AvgIpc) is 2.99. The van der Waals surface area contributed by atoms with Crippen molar-refractivity contribution in [3.8, 4) is 0 Å². The number of benzene rings is 1. The van der Waals surface area contributed by atoms with E-state index in [1.165, 1.54) is 24.8 Å². The Labute approximate surface area is 168 Å². The first-order chi connectivity index (χ1) is 11.7. The Morgan fingerprint density at radius 1 is 1.04 bits per heavy atom. The Morgan fingerprint density at radius 2 is 1.72 bits per heavy atom. The van der Waals surface area contributed by atoms with Gasteiger partial charge in [0.1, 0.15) is 0 Å². The number of halogens is 1. The monoisotopic (exact) mass is 457 g/mol. The summed E-state index contributed by atoms with van der Waals surface area (Å²) < 4.78 is 0. The molecule has 0 amide bonds. The molecule has 140 valence electrons. The fourth-order valence-electron chi connectivity index (χ4n) is 3.97. The van der Waals surface area contributed by atoms with Crippen molar-refractivity contribution in [2.45, 2.75) is 62.9 Å². The highest BCUT2D eigenvalue weighted by Crippen LogP contribution is 2.43. The van der Waals surface area contributed by atoms with E-state index < -0.39 is 5.60 Å². The van der Waals surface area contributed by atoms with Crippen molar-refractivity contribution in [1.82, 2.24) is 10.6 Å². The second-order valence-electron chi connectivity index (χ2n) is 7.48. The van der Waals surface area contributed by atoms with Gasteiger partial charge >= 0.3 is 0 Å². The summed E-state index contributed by atoms with van der Waals surface area (Å²) in [5.41, 5.74) is 1.08. The van der Waals surface area contributed by atoms with Gasteiger partial charge < -0.3 is 15.7 Å². The molecule has 2 fully saturated rings. The lowest BCUT2D eigenvalue weighted by molar-refractivity contribution is 0.0574. The summed E-state index contributed by atoms with van der Waals surface area (Å²) in [5, 5.41) is 17.4. The van der Waals surface area contributed by atoms with Crippen LogP contribution < -0.4 is 10.6 Å². The van der Waals surface area contributed by atoms with Crippen LogP contribution in [0.1, 0.15) is 57.4 Å². The smallest absolute Gasteiger partial charge is 0.191 e. The van der Waals surface area contributed by atoms with E-state index in [4.69, 9.17) is 0 Å². The summed E-state index contributed by atoms with van der Waals surface area (Å²) in [6.45, 7) is 4.32. The fourth-order valence-corrected chi connectivity index (χ4v) is 3.97. The van der Waals surface area contributed by atoms with E-state index >= 15 is 0 Å². The maximum Gasteiger partial charge on any atom is 0.191 e. The molecule has 0 bridgehead atoms. The summed E-state index contributed by atoms with van der Waals surface area (Å²) in [7, 11) is 0. The molecule has 0 saturated heterocycles. The molecule has 0 heterocycles. The summed E-state index contributed by atoms with van der Waals surface area (Å²) in [5.74, 6) is 0.833. The molecular weight excluding hydrogens is 425 g/mol. The van der Waals surface area contributed by atoms with Crippen molar-refractivity contribution in [3.63, 3.8) is 0 Å². The lowest BCUT2D eigenvalue weighted by atomic mass is 9.64. The maximum absolute atomic E-state index is 10.5. The van der Waals surface area contributed by atoms with Crippen molar-refractivity contribution in [2.75, 3.05) is 19.6 Å². The van der Waals surface area contributed by atoms with E-state index in [1.54, 1.807) is 0 Å². The van der Waals surface area contributed by atoms with Gasteiger partial charge in [0.2, 0.25) is 0 Å². The van der Waals surface area contributed by atoms with Gasteiger partial charge in [0.05, 0.1) is 12.1 Å². The summed E-state index contributed by atoms with van der Waals surface area (Å²) >= 11 is 0. The topological polar surface area (TPSA) is 56.7 Å². The number of aliphatic imine (C=N–C) groups is 1. The fraction of sp³-hybridized carbons (Fsp3) is 0.650. The molecule has 3 rings (SSSR count). The second-order valence-corrected chi connectivity index (χ2v) is 7.48. The minimum Gasteiger partial charge on any atom is -0.388 e. The van der Waals surface area contributed by atoms with E-state index in [1.807, 2.05) is 0 Å². The third-order valence-corrected chi connectivity index (χ3v) is 5.70. The highest BCUT2D eigenvalue weighted by Gasteiger charge is 2.38. The summed E-state index contributed by atoms with van der Waals surface area (Å²) in [6.07, 6.45) is 7.75. The van der Waals surface area contributed by atoms with Crippen molar-refractivity contribution >= 4 is 29.9 Å². The van der Waals surface area contributed by atoms with Crippen LogP contribution in [0, 0.1) is 0 Å². The van der Waals surface area contributed by atoms with E-state index in [0.717, 1.165) is 44.7 Å². The van der Waals surface area contributed by atoms with Gasteiger partial charge in [-0.05, 0) is 38.2 Å². The van der Waals surface area contributed by atoms with E-state index in [-0.39, 0.29) is 29.4 Å². The SMILES string of the molecule is CCNC(=NCC1(O)CCCC1)NCC1(c2ccccc2)CCC1.I. The Kier molecular flexibility index (Phi) is 7.55. The van der Waals surface area contributed by atoms with Crippen LogP contribution in [0.3, 0.4) is 0 Å². The van der Waals surface area contributed by atoms with E-state index in [9.17, 15) is 5.11 Å². The molecule has 0 unspecified atom stereocenters. The number of guanidine groups is 1. The largest absolute Gasteiger partial charge is 0.388 e. The molecule has 0 radical (unpaired) electrons. The zero-order valence-corrected chi connectivity index (χ0v) is 17.6. The van der Waals surface area contributed by atoms with Gasteiger partial charge in [-0.3, -0.25) is 4.99 Å². The number of rotatable bonds is 6. The van der Waals surface area contributed by atoms with Gasteiger partial charge in [-0.2, -0.15) is 0 Å². The second kappa shape index (κ2) is 9.21. The molecule has 3 N–H and O–H groups in total. The first kappa shape index (κ1) is 20.5. The van der Waals surface area contributed by atoms with Crippen LogP contribution in [-0.2, 0) is 5.41 Å². The molecule has 1 aromatic rings. The minimum atomic E-state index is -0.587. The number of aliphatic hydroxyl groups is 1. The average molecular weight is 457 g/mol. The lowest BCUT2D eigenvalue weighted by Gasteiger charge is -2.43. The van der Waals surface area contributed by atoms with Gasteiger partial charge in [0.25, 0.3) is 0 Å². The Morgan fingerprint density at radius 3 is 2.28 bits per heavy atom. The zero-order valence-electron chi connectivity index (χ0n) is 15.3. The molecule has 2 aliphatic carbocycles. The van der Waals surface area contributed by atoms with Crippen molar-refractivity contribution in [2.24, 2.45) is 4.99 Å². The molecule has 1 aromatic carbocycles. The molecule has 4 nitrogen and oxygen atoms in total. The van der Waals surface area contributed by atoms with E-state index in [0.29, 0.717) is 6.54 Å². The first-order valence-electron chi connectivity index (χ1n) is 9.46. The van der Waals surface area contributed by atoms with E-state index in [2.05, 4.69) is 52.9 Å². The van der Waals surface area contributed by atoms with Gasteiger partial charge in [0.15, 0.2) is 5.96 Å². The molecule has 2 saturated carbocycles. The maximum atomic E-state index is 10.5. The first-order valence-corrected chi connectivity index (χ1v) is 9.46. The Bertz CT molecular complexity index is 551. The molecule has 5 heteroatoms. The highest BCUT2D eigenvalue weighted by molar-refractivity contribution is 14.0. The zero-order chi connectivity index (χ0) is 16.9. The van der Waals surface area contributed by atoms with Crippen LogP contribution >= 0.6 is 24.0 Å². The summed E-state index contributed by atoms with van der Waals surface area (Å²) in [4.78, 5) is 4.67. The third-order valence-electron chi connectivity index (χ3n) is 5.70. The van der Waals surface area contributed by atoms with Gasteiger partial charge in [-0.25, -0.2) is 0 Å². The van der Waals surface area contributed by atoms with Crippen LogP contribution in [0.5, 0.6) is 0 Å². The minimum absolute atomic E-state index is 0. The molecular formula is C20H32IN3O. The predicted molar refractivity (Wildman–Crippen MR) is 115 cm³/mol. The van der Waals surface area contributed by atoms with Crippen LogP contribution in [0.25, 0.3) is 0 Å². The van der Waals surface area contributed by atoms with Crippen molar-refractivity contribution in [1.29, 1.82) is 0 Å². The molecule has 0 aromatic heterocycles. The van der Waals surface area contributed by atoms with Gasteiger partial charge in [-0.15, -0.1) is 24.0 Å². The van der Waals surface area contributed by atoms with Gasteiger partial charge in [-0.1, -0.05) is 49.6 Å². The number of hydrogen-bond donors (Lipinski definition) is 3. The Balaban J connectivity index is 0.00000225. The quantitative estimate of drug-likeness (QED) is 0.348. The van der Waals surface area contributed by atoms with Crippen molar-refractivity contribution < 1.29 is 5.11 Å². The third kappa shape index (κ3) is 5.09. The molecule has 0 atom stereocenters. The van der Waals surface area contributed by atoms with Crippen LogP contribution in [-0.4, -0.2) is 36.3 Å². The molecule has 25 heavy (non-hydrogen) atoms. The standard InChI is InChI=1S/C20H31N3O.HI/c1-2-21-18(23-16-20(24)13-6-7-14-20)22-15-19(11-8-12-19)17-9-4-3-5-10-17;/h3-5,9-10,24H,2,6-8,11-16H2,1H3,(H2,21,22,23);1H. The van der Waals surface area contributed by atoms with Crippen molar-refractivity contribution in [3.05, 3.63) is 35.9 Å². The normalized spacial score (nSPS) is 21.1. The molecule has 2 aliphatic rings. The predicted octanol–water partition coefficient (Wildman–Crippen LogP) is 3.59. The highest BCUT2D eigenvalue weighted by atomic mass is 127. The number of nitrogens with one attached hydrogen (secondary N) is 2.